The lowest BCUT2D eigenvalue weighted by Crippen LogP contribution is -2.45. The molecule has 8 nitrogen and oxygen atoms in total. The first-order valence-corrected chi connectivity index (χ1v) is 12.1. The Morgan fingerprint density at radius 3 is 2.85 bits per heavy atom. The standard InChI is InChI=1S/C26H30N6O2/c1-30-23-19(15-33)10-18(26(34)31-9-3-5-20(27)14-31)11-21(23)29-25(30)22-12-17-4-2-8-28-24(17)32(22)13-16-6-7-16/h2,4,8,10-12,16,20,33H,3,5-7,9,13-15,27H2,1H3/t20-/m1/s1. The molecule has 8 heteroatoms. The molecule has 6 rings (SSSR count). The Morgan fingerprint density at radius 1 is 1.24 bits per heavy atom. The summed E-state index contributed by atoms with van der Waals surface area (Å²) in [6, 6.07) is 9.85. The highest BCUT2D eigenvalue weighted by molar-refractivity contribution is 5.99. The van der Waals surface area contributed by atoms with Crippen LogP contribution in [0.25, 0.3) is 33.6 Å². The van der Waals surface area contributed by atoms with Crippen molar-refractivity contribution >= 4 is 28.0 Å². The molecule has 4 heterocycles. The summed E-state index contributed by atoms with van der Waals surface area (Å²) in [6.45, 7) is 2.03. The number of carbonyl (C=O) groups is 1. The maximum absolute atomic E-state index is 13.3. The van der Waals surface area contributed by atoms with Gasteiger partial charge in [0.05, 0.1) is 23.3 Å². The third-order valence-corrected chi connectivity index (χ3v) is 7.23. The van der Waals surface area contributed by atoms with Gasteiger partial charge in [-0.1, -0.05) is 0 Å². The van der Waals surface area contributed by atoms with Gasteiger partial charge in [0, 0.05) is 55.4 Å². The highest BCUT2D eigenvalue weighted by Crippen LogP contribution is 2.36. The largest absolute Gasteiger partial charge is 0.392 e. The third kappa shape index (κ3) is 3.58. The molecule has 0 bridgehead atoms. The zero-order valence-corrected chi connectivity index (χ0v) is 19.4. The summed E-state index contributed by atoms with van der Waals surface area (Å²) in [5.41, 5.74) is 10.9. The van der Waals surface area contributed by atoms with E-state index in [1.54, 1.807) is 6.07 Å². The molecular formula is C26H30N6O2. The van der Waals surface area contributed by atoms with Crippen LogP contribution in [0, 0.1) is 5.92 Å². The van der Waals surface area contributed by atoms with Crippen LogP contribution in [0.3, 0.4) is 0 Å². The fourth-order valence-electron chi connectivity index (χ4n) is 5.31. The van der Waals surface area contributed by atoms with E-state index in [-0.39, 0.29) is 18.6 Å². The molecule has 1 saturated heterocycles. The second-order valence-corrected chi connectivity index (χ2v) is 9.81. The zero-order chi connectivity index (χ0) is 23.4. The Morgan fingerprint density at radius 2 is 2.09 bits per heavy atom. The predicted molar refractivity (Wildman–Crippen MR) is 131 cm³/mol. The van der Waals surface area contributed by atoms with Crippen LogP contribution in [-0.4, -0.2) is 54.1 Å². The smallest absolute Gasteiger partial charge is 0.253 e. The number of pyridine rings is 1. The molecule has 1 aliphatic heterocycles. The Labute approximate surface area is 198 Å². The first kappa shape index (κ1) is 21.3. The fraction of sp³-hybridized carbons (Fsp3) is 0.423. The van der Waals surface area contributed by atoms with Crippen molar-refractivity contribution in [3.8, 4) is 11.5 Å². The van der Waals surface area contributed by atoms with Gasteiger partial charge in [-0.15, -0.1) is 0 Å². The molecule has 0 unspecified atom stereocenters. The van der Waals surface area contributed by atoms with Crippen molar-refractivity contribution in [1.82, 2.24) is 24.0 Å². The zero-order valence-electron chi connectivity index (χ0n) is 19.4. The van der Waals surface area contributed by atoms with Crippen LogP contribution in [0.15, 0.2) is 36.5 Å². The maximum atomic E-state index is 13.3. The Bertz CT molecular complexity index is 1400. The van der Waals surface area contributed by atoms with Crippen molar-refractivity contribution in [2.75, 3.05) is 13.1 Å². The molecule has 3 N–H and O–H groups in total. The number of rotatable bonds is 5. The lowest BCUT2D eigenvalue weighted by molar-refractivity contribution is 0.0709. The summed E-state index contributed by atoms with van der Waals surface area (Å²) in [7, 11) is 1.97. The van der Waals surface area contributed by atoms with Gasteiger partial charge < -0.3 is 24.9 Å². The SMILES string of the molecule is Cn1c(-c2cc3cccnc3n2CC2CC2)nc2cc(C(=O)N3CCC[C@@H](N)C3)cc(CO)c21. The normalized spacial score (nSPS) is 18.8. The second kappa shape index (κ2) is 8.21. The van der Waals surface area contributed by atoms with Gasteiger partial charge in [-0.05, 0) is 61.9 Å². The molecule has 4 aromatic rings. The van der Waals surface area contributed by atoms with E-state index in [2.05, 4.69) is 21.7 Å². The van der Waals surface area contributed by atoms with Crippen LogP contribution < -0.4 is 5.73 Å². The number of likely N-dealkylation sites (tertiary alicyclic amines) is 1. The molecular weight excluding hydrogens is 428 g/mol. The van der Waals surface area contributed by atoms with Gasteiger partial charge in [-0.25, -0.2) is 9.97 Å². The van der Waals surface area contributed by atoms with E-state index in [0.29, 0.717) is 35.7 Å². The average Bonchev–Trinajstić information content (AvgIpc) is 3.52. The monoisotopic (exact) mass is 458 g/mol. The van der Waals surface area contributed by atoms with E-state index in [1.165, 1.54) is 12.8 Å². The number of amides is 1. The van der Waals surface area contributed by atoms with Crippen molar-refractivity contribution in [3.63, 3.8) is 0 Å². The van der Waals surface area contributed by atoms with Crippen LogP contribution in [-0.2, 0) is 20.2 Å². The highest BCUT2D eigenvalue weighted by Gasteiger charge is 2.27. The number of nitrogens with two attached hydrogens (primary N) is 1. The average molecular weight is 459 g/mol. The summed E-state index contributed by atoms with van der Waals surface area (Å²) < 4.78 is 4.30. The molecule has 0 radical (unpaired) electrons. The number of hydrogen-bond acceptors (Lipinski definition) is 5. The highest BCUT2D eigenvalue weighted by atomic mass is 16.3. The lowest BCUT2D eigenvalue weighted by Gasteiger charge is -2.31. The summed E-state index contributed by atoms with van der Waals surface area (Å²) in [4.78, 5) is 24.7. The minimum absolute atomic E-state index is 0.0159. The van der Waals surface area contributed by atoms with Crippen LogP contribution >= 0.6 is 0 Å². The van der Waals surface area contributed by atoms with Gasteiger partial charge >= 0.3 is 0 Å². The summed E-state index contributed by atoms with van der Waals surface area (Å²) in [6.07, 6.45) is 6.18. The summed E-state index contributed by atoms with van der Waals surface area (Å²) in [5.74, 6) is 1.44. The molecule has 1 amide bonds. The fourth-order valence-corrected chi connectivity index (χ4v) is 5.31. The second-order valence-electron chi connectivity index (χ2n) is 9.81. The minimum Gasteiger partial charge on any atom is -0.392 e. The summed E-state index contributed by atoms with van der Waals surface area (Å²) in [5, 5.41) is 11.3. The van der Waals surface area contributed by atoms with E-state index in [9.17, 15) is 9.90 Å². The molecule has 1 saturated carbocycles. The number of benzene rings is 1. The van der Waals surface area contributed by atoms with E-state index in [1.807, 2.05) is 34.8 Å². The van der Waals surface area contributed by atoms with Gasteiger partial charge in [0.15, 0.2) is 5.82 Å². The molecule has 3 aromatic heterocycles. The Balaban J connectivity index is 1.47. The van der Waals surface area contributed by atoms with Crippen LogP contribution in [0.1, 0.15) is 41.6 Å². The lowest BCUT2D eigenvalue weighted by atomic mass is 10.0. The van der Waals surface area contributed by atoms with E-state index >= 15 is 0 Å². The van der Waals surface area contributed by atoms with E-state index < -0.39 is 0 Å². The molecule has 2 fully saturated rings. The van der Waals surface area contributed by atoms with Crippen molar-refractivity contribution in [2.45, 2.75) is 44.9 Å². The number of aliphatic hydroxyl groups is 1. The number of aryl methyl sites for hydroxylation is 1. The first-order valence-electron chi connectivity index (χ1n) is 12.1. The van der Waals surface area contributed by atoms with Crippen molar-refractivity contribution < 1.29 is 9.90 Å². The maximum Gasteiger partial charge on any atom is 0.253 e. The van der Waals surface area contributed by atoms with E-state index in [0.717, 1.165) is 47.5 Å². The van der Waals surface area contributed by atoms with Gasteiger partial charge in [0.25, 0.3) is 5.91 Å². The topological polar surface area (TPSA) is 102 Å². The van der Waals surface area contributed by atoms with Crippen LogP contribution in [0.5, 0.6) is 0 Å². The number of nitrogens with zero attached hydrogens (tertiary/aromatic N) is 5. The number of aromatic nitrogens is 4. The predicted octanol–water partition coefficient (Wildman–Crippen LogP) is 3.06. The molecule has 176 valence electrons. The number of piperidine rings is 1. The van der Waals surface area contributed by atoms with Crippen molar-refractivity contribution in [2.24, 2.45) is 18.7 Å². The summed E-state index contributed by atoms with van der Waals surface area (Å²) >= 11 is 0. The third-order valence-electron chi connectivity index (χ3n) is 7.23. The van der Waals surface area contributed by atoms with Crippen molar-refractivity contribution in [1.29, 1.82) is 0 Å². The van der Waals surface area contributed by atoms with Crippen LogP contribution in [0.4, 0.5) is 0 Å². The quantitative estimate of drug-likeness (QED) is 0.479. The number of aliphatic hydroxyl groups excluding tert-OH is 1. The Kier molecular flexibility index (Phi) is 5.15. The van der Waals surface area contributed by atoms with E-state index in [4.69, 9.17) is 10.7 Å². The molecule has 1 aromatic carbocycles. The molecule has 1 atom stereocenters. The van der Waals surface area contributed by atoms with Gasteiger partial charge in [0.2, 0.25) is 0 Å². The molecule has 0 spiro atoms. The number of imidazole rings is 1. The Hall–Kier alpha value is -3.23. The number of fused-ring (bicyclic) bond motifs is 2. The van der Waals surface area contributed by atoms with Crippen molar-refractivity contribution in [3.05, 3.63) is 47.7 Å². The molecule has 34 heavy (non-hydrogen) atoms. The first-order chi connectivity index (χ1) is 16.5. The van der Waals surface area contributed by atoms with Crippen LogP contribution in [0.2, 0.25) is 0 Å². The molecule has 2 aliphatic rings. The molecule has 1 aliphatic carbocycles. The van der Waals surface area contributed by atoms with Gasteiger partial charge in [-0.2, -0.15) is 0 Å². The van der Waals surface area contributed by atoms with Gasteiger partial charge in [-0.3, -0.25) is 4.79 Å². The van der Waals surface area contributed by atoms with Gasteiger partial charge in [0.1, 0.15) is 5.65 Å². The minimum atomic E-state index is -0.164. The number of hydrogen-bond donors (Lipinski definition) is 2. The number of carbonyl (C=O) groups excluding carboxylic acids is 1.